The van der Waals surface area contributed by atoms with Gasteiger partial charge >= 0.3 is 0 Å². The van der Waals surface area contributed by atoms with Crippen molar-refractivity contribution in [3.63, 3.8) is 0 Å². The van der Waals surface area contributed by atoms with Gasteiger partial charge in [0.25, 0.3) is 5.91 Å². The second kappa shape index (κ2) is 5.24. The van der Waals surface area contributed by atoms with Crippen LogP contribution < -0.4 is 11.1 Å². The molecule has 1 aromatic carbocycles. The number of benzene rings is 1. The van der Waals surface area contributed by atoms with Crippen LogP contribution in [-0.4, -0.2) is 17.4 Å². The largest absolute Gasteiger partial charge is 0.368 e. The van der Waals surface area contributed by atoms with E-state index in [0.717, 1.165) is 6.07 Å². The minimum atomic E-state index is -1.24. The second-order valence-electron chi connectivity index (χ2n) is 4.19. The van der Waals surface area contributed by atoms with E-state index in [-0.39, 0.29) is 15.1 Å². The minimum Gasteiger partial charge on any atom is -0.368 e. The molecule has 98 valence electrons. The molecule has 0 spiro atoms. The monoisotopic (exact) mass is 336 g/mol. The lowest BCUT2D eigenvalue weighted by Crippen LogP contribution is -2.53. The molecule has 18 heavy (non-hydrogen) atoms. The van der Waals surface area contributed by atoms with Crippen molar-refractivity contribution >= 4 is 39.3 Å². The predicted molar refractivity (Wildman–Crippen MR) is 69.8 cm³/mol. The smallest absolute Gasteiger partial charge is 0.253 e. The molecule has 2 amide bonds. The van der Waals surface area contributed by atoms with Crippen molar-refractivity contribution in [3.8, 4) is 0 Å². The van der Waals surface area contributed by atoms with Gasteiger partial charge in [0.1, 0.15) is 11.4 Å². The minimum absolute atomic E-state index is 0.00525. The normalized spacial score (nSPS) is 11.2. The molecular formula is C11H11BrClFN2O2. The molecule has 1 aromatic rings. The van der Waals surface area contributed by atoms with Crippen LogP contribution in [0.1, 0.15) is 24.2 Å². The molecule has 0 aliphatic rings. The van der Waals surface area contributed by atoms with E-state index in [4.69, 9.17) is 17.3 Å². The van der Waals surface area contributed by atoms with Crippen LogP contribution in [0.25, 0.3) is 0 Å². The summed E-state index contributed by atoms with van der Waals surface area (Å²) in [5.74, 6) is -2.01. The summed E-state index contributed by atoms with van der Waals surface area (Å²) in [6.07, 6.45) is 0. The fourth-order valence-electron chi connectivity index (χ4n) is 1.13. The van der Waals surface area contributed by atoms with Gasteiger partial charge in [0.15, 0.2) is 0 Å². The fourth-order valence-corrected chi connectivity index (χ4v) is 1.75. The van der Waals surface area contributed by atoms with Gasteiger partial charge in [-0.1, -0.05) is 11.6 Å². The molecule has 0 atom stereocenters. The van der Waals surface area contributed by atoms with Gasteiger partial charge in [-0.25, -0.2) is 4.39 Å². The third kappa shape index (κ3) is 3.20. The lowest BCUT2D eigenvalue weighted by atomic mass is 10.0. The van der Waals surface area contributed by atoms with Gasteiger partial charge in [0.05, 0.1) is 10.0 Å². The molecule has 3 N–H and O–H groups in total. The zero-order chi connectivity index (χ0) is 14.1. The molecule has 0 unspecified atom stereocenters. The average molecular weight is 338 g/mol. The van der Waals surface area contributed by atoms with Crippen LogP contribution in [-0.2, 0) is 4.79 Å². The summed E-state index contributed by atoms with van der Waals surface area (Å²) >= 11 is 8.62. The Labute approximate surface area is 117 Å². The van der Waals surface area contributed by atoms with Gasteiger partial charge in [-0.15, -0.1) is 0 Å². The maximum absolute atomic E-state index is 13.4. The first kappa shape index (κ1) is 14.9. The number of rotatable bonds is 3. The number of hydrogen-bond acceptors (Lipinski definition) is 2. The molecule has 0 heterocycles. The maximum atomic E-state index is 13.4. The lowest BCUT2D eigenvalue weighted by Gasteiger charge is -2.22. The van der Waals surface area contributed by atoms with E-state index in [1.54, 1.807) is 0 Å². The van der Waals surface area contributed by atoms with Gasteiger partial charge < -0.3 is 11.1 Å². The first-order valence-electron chi connectivity index (χ1n) is 4.92. The van der Waals surface area contributed by atoms with Crippen molar-refractivity contribution in [3.05, 3.63) is 33.0 Å². The Morgan fingerprint density at radius 3 is 2.50 bits per heavy atom. The summed E-state index contributed by atoms with van der Waals surface area (Å²) < 4.78 is 13.4. The van der Waals surface area contributed by atoms with E-state index in [1.807, 2.05) is 0 Å². The number of hydrogen-bond donors (Lipinski definition) is 2. The zero-order valence-corrected chi connectivity index (χ0v) is 12.0. The summed E-state index contributed by atoms with van der Waals surface area (Å²) in [6, 6.07) is 2.36. The SMILES string of the molecule is CC(C)(NC(=O)c1cc(Cl)cc(F)c1Br)C(N)=O. The van der Waals surface area contributed by atoms with Gasteiger partial charge in [0.2, 0.25) is 5.91 Å². The van der Waals surface area contributed by atoms with Crippen molar-refractivity contribution in [1.29, 1.82) is 0 Å². The lowest BCUT2D eigenvalue weighted by molar-refractivity contribution is -0.122. The molecule has 0 bridgehead atoms. The summed E-state index contributed by atoms with van der Waals surface area (Å²) in [4.78, 5) is 23.0. The molecule has 0 saturated carbocycles. The van der Waals surface area contributed by atoms with Crippen LogP contribution in [0.3, 0.4) is 0 Å². The maximum Gasteiger partial charge on any atom is 0.253 e. The first-order valence-corrected chi connectivity index (χ1v) is 6.09. The zero-order valence-electron chi connectivity index (χ0n) is 9.68. The third-order valence-electron chi connectivity index (χ3n) is 2.28. The Balaban J connectivity index is 3.09. The Kier molecular flexibility index (Phi) is 4.34. The molecule has 0 saturated heterocycles. The Bertz CT molecular complexity index is 520. The Hall–Kier alpha value is -1.14. The number of carbonyl (C=O) groups excluding carboxylic acids is 2. The highest BCUT2D eigenvalue weighted by atomic mass is 79.9. The van der Waals surface area contributed by atoms with Crippen molar-refractivity contribution in [2.75, 3.05) is 0 Å². The highest BCUT2D eigenvalue weighted by Gasteiger charge is 2.28. The molecule has 0 aliphatic carbocycles. The first-order chi connectivity index (χ1) is 8.15. The van der Waals surface area contributed by atoms with Crippen LogP contribution in [0.2, 0.25) is 5.02 Å². The number of halogens is 3. The molecule has 0 fully saturated rings. The van der Waals surface area contributed by atoms with Crippen molar-refractivity contribution < 1.29 is 14.0 Å². The quantitative estimate of drug-likeness (QED) is 0.830. The van der Waals surface area contributed by atoms with Gasteiger partial charge in [-0.3, -0.25) is 9.59 Å². The molecule has 7 heteroatoms. The Morgan fingerprint density at radius 2 is 2.00 bits per heavy atom. The molecule has 1 rings (SSSR count). The van der Waals surface area contributed by atoms with E-state index < -0.39 is 23.2 Å². The molecule has 0 aliphatic heterocycles. The summed E-state index contributed by atoms with van der Waals surface area (Å²) in [5, 5.41) is 2.48. The molecular weight excluding hydrogens is 326 g/mol. The van der Waals surface area contributed by atoms with Gasteiger partial charge in [-0.2, -0.15) is 0 Å². The molecule has 0 aromatic heterocycles. The van der Waals surface area contributed by atoms with E-state index in [9.17, 15) is 14.0 Å². The topological polar surface area (TPSA) is 72.2 Å². The summed E-state index contributed by atoms with van der Waals surface area (Å²) in [5.41, 5.74) is 3.88. The number of nitrogens with two attached hydrogens (primary N) is 1. The van der Waals surface area contributed by atoms with Crippen molar-refractivity contribution in [1.82, 2.24) is 5.32 Å². The van der Waals surface area contributed by atoms with Crippen molar-refractivity contribution in [2.24, 2.45) is 5.73 Å². The van der Waals surface area contributed by atoms with E-state index >= 15 is 0 Å². The Morgan fingerprint density at radius 1 is 1.44 bits per heavy atom. The fraction of sp³-hybridized carbons (Fsp3) is 0.273. The van der Waals surface area contributed by atoms with Crippen molar-refractivity contribution in [2.45, 2.75) is 19.4 Å². The molecule has 4 nitrogen and oxygen atoms in total. The van der Waals surface area contributed by atoms with E-state index in [0.29, 0.717) is 0 Å². The third-order valence-corrected chi connectivity index (χ3v) is 3.30. The van der Waals surface area contributed by atoms with Crippen LogP contribution in [0.15, 0.2) is 16.6 Å². The van der Waals surface area contributed by atoms with E-state index in [2.05, 4.69) is 21.2 Å². The summed E-state index contributed by atoms with van der Waals surface area (Å²) in [7, 11) is 0. The van der Waals surface area contributed by atoms with Crippen LogP contribution in [0, 0.1) is 5.82 Å². The molecule has 0 radical (unpaired) electrons. The summed E-state index contributed by atoms with van der Waals surface area (Å²) in [6.45, 7) is 2.89. The number of amides is 2. The van der Waals surface area contributed by atoms with Gasteiger partial charge in [0, 0.05) is 5.02 Å². The predicted octanol–water partition coefficient (Wildman–Crippen LogP) is 2.24. The van der Waals surface area contributed by atoms with Crippen LogP contribution in [0.4, 0.5) is 4.39 Å². The number of carbonyl (C=O) groups is 2. The van der Waals surface area contributed by atoms with Crippen LogP contribution in [0.5, 0.6) is 0 Å². The second-order valence-corrected chi connectivity index (χ2v) is 5.42. The average Bonchev–Trinajstić information content (AvgIpc) is 2.22. The number of primary amides is 1. The van der Waals surface area contributed by atoms with E-state index in [1.165, 1.54) is 19.9 Å². The standard InChI is InChI=1S/C11H11BrClFN2O2/c1-11(2,10(15)18)16-9(17)6-3-5(13)4-7(14)8(6)12/h3-4H,1-2H3,(H2,15,18)(H,16,17). The highest BCUT2D eigenvalue weighted by molar-refractivity contribution is 9.10. The highest BCUT2D eigenvalue weighted by Crippen LogP contribution is 2.25. The number of nitrogens with one attached hydrogen (secondary N) is 1. The van der Waals surface area contributed by atoms with Gasteiger partial charge in [-0.05, 0) is 41.9 Å². The van der Waals surface area contributed by atoms with Crippen LogP contribution >= 0.6 is 27.5 Å².